The number of methoxy groups -OCH3 is 1. The smallest absolute Gasteiger partial charge is 0.354 e. The first-order valence-electron chi connectivity index (χ1n) is 6.32. The molecule has 0 radical (unpaired) electrons. The minimum atomic E-state index is -0.361. The van der Waals surface area contributed by atoms with Crippen molar-refractivity contribution in [2.24, 2.45) is 0 Å². The maximum Gasteiger partial charge on any atom is 0.354 e. The third kappa shape index (κ3) is 2.16. The van der Waals surface area contributed by atoms with Crippen LogP contribution in [0.2, 0.25) is 0 Å². The molecule has 1 atom stereocenters. The number of rotatable bonds is 3. The summed E-state index contributed by atoms with van der Waals surface area (Å²) in [6.45, 7) is 1.29. The number of thioether (sulfide) groups is 1. The van der Waals surface area contributed by atoms with Crippen LogP contribution in [-0.2, 0) is 9.47 Å². The summed E-state index contributed by atoms with van der Waals surface area (Å²) < 4.78 is 12.2. The molecule has 0 saturated carbocycles. The van der Waals surface area contributed by atoms with Gasteiger partial charge < -0.3 is 14.0 Å². The van der Waals surface area contributed by atoms with E-state index < -0.39 is 0 Å². The van der Waals surface area contributed by atoms with Crippen LogP contribution >= 0.6 is 11.8 Å². The van der Waals surface area contributed by atoms with Crippen LogP contribution in [0.25, 0.3) is 11.0 Å². The van der Waals surface area contributed by atoms with Crippen molar-refractivity contribution in [2.45, 2.75) is 17.6 Å². The summed E-state index contributed by atoms with van der Waals surface area (Å²) in [7, 11) is 1.38. The van der Waals surface area contributed by atoms with Gasteiger partial charge in [0.2, 0.25) is 0 Å². The highest BCUT2D eigenvalue weighted by atomic mass is 32.2. The molecule has 6 nitrogen and oxygen atoms in total. The molecule has 7 heteroatoms. The molecule has 0 spiro atoms. The Balaban J connectivity index is 2.21. The molecule has 1 aliphatic heterocycles. The highest BCUT2D eigenvalue weighted by Crippen LogP contribution is 2.28. The zero-order chi connectivity index (χ0) is 14.1. The van der Waals surface area contributed by atoms with Crippen LogP contribution in [0.3, 0.4) is 0 Å². The van der Waals surface area contributed by atoms with E-state index in [9.17, 15) is 4.79 Å². The SMILES string of the molecule is COC(=O)c1cc2cnc(SC)nc2n1[C@@H]1CCOC1. The lowest BCUT2D eigenvalue weighted by Gasteiger charge is -2.14. The molecule has 3 heterocycles. The zero-order valence-electron chi connectivity index (χ0n) is 11.3. The van der Waals surface area contributed by atoms with Crippen LogP contribution in [0.4, 0.5) is 0 Å². The number of nitrogens with zero attached hydrogens (tertiary/aromatic N) is 3. The first-order valence-corrected chi connectivity index (χ1v) is 7.55. The monoisotopic (exact) mass is 293 g/mol. The maximum atomic E-state index is 12.0. The number of carbonyl (C=O) groups excluding carboxylic acids is 1. The molecular formula is C13H15N3O3S. The first kappa shape index (κ1) is 13.4. The minimum Gasteiger partial charge on any atom is -0.464 e. The lowest BCUT2D eigenvalue weighted by molar-refractivity contribution is 0.0586. The Bertz CT molecular complexity index is 650. The summed E-state index contributed by atoms with van der Waals surface area (Å²) in [6.07, 6.45) is 4.54. The summed E-state index contributed by atoms with van der Waals surface area (Å²) in [4.78, 5) is 20.8. The second-order valence-corrected chi connectivity index (χ2v) is 5.32. The molecule has 0 bridgehead atoms. The predicted molar refractivity (Wildman–Crippen MR) is 75.1 cm³/mol. The van der Waals surface area contributed by atoms with Gasteiger partial charge in [-0.1, -0.05) is 11.8 Å². The van der Waals surface area contributed by atoms with Gasteiger partial charge >= 0.3 is 5.97 Å². The fraction of sp³-hybridized carbons (Fsp3) is 0.462. The van der Waals surface area contributed by atoms with Gasteiger partial charge in [-0.15, -0.1) is 0 Å². The van der Waals surface area contributed by atoms with Crippen molar-refractivity contribution in [2.75, 3.05) is 26.6 Å². The lowest BCUT2D eigenvalue weighted by Crippen LogP contribution is -2.16. The van der Waals surface area contributed by atoms with Gasteiger partial charge in [0.25, 0.3) is 0 Å². The number of fused-ring (bicyclic) bond motifs is 1. The molecule has 106 valence electrons. The molecule has 0 N–H and O–H groups in total. The number of carbonyl (C=O) groups is 1. The standard InChI is InChI=1S/C13H15N3O3S/c1-18-12(17)10-5-8-6-14-13(20-2)15-11(8)16(10)9-3-4-19-7-9/h5-6,9H,3-4,7H2,1-2H3/t9-/m1/s1. The third-order valence-electron chi connectivity index (χ3n) is 3.40. The van der Waals surface area contributed by atoms with Crippen LogP contribution in [0.1, 0.15) is 23.0 Å². The molecule has 20 heavy (non-hydrogen) atoms. The Morgan fingerprint density at radius 1 is 1.60 bits per heavy atom. The van der Waals surface area contributed by atoms with Gasteiger partial charge in [-0.25, -0.2) is 14.8 Å². The van der Waals surface area contributed by atoms with Crippen molar-refractivity contribution in [3.05, 3.63) is 18.0 Å². The zero-order valence-corrected chi connectivity index (χ0v) is 12.1. The molecule has 3 rings (SSSR count). The van der Waals surface area contributed by atoms with Crippen molar-refractivity contribution in [3.63, 3.8) is 0 Å². The van der Waals surface area contributed by atoms with Gasteiger partial charge in [0, 0.05) is 18.2 Å². The van der Waals surface area contributed by atoms with Gasteiger partial charge in [-0.05, 0) is 18.7 Å². The number of aromatic nitrogens is 3. The van der Waals surface area contributed by atoms with Gasteiger partial charge in [0.05, 0.1) is 19.8 Å². The Hall–Kier alpha value is -1.60. The first-order chi connectivity index (χ1) is 9.74. The Labute approximate surface area is 120 Å². The molecule has 1 aliphatic rings. The molecule has 0 unspecified atom stereocenters. The fourth-order valence-electron chi connectivity index (χ4n) is 2.45. The van der Waals surface area contributed by atoms with E-state index in [2.05, 4.69) is 9.97 Å². The van der Waals surface area contributed by atoms with Gasteiger partial charge in [0.1, 0.15) is 11.3 Å². The lowest BCUT2D eigenvalue weighted by atomic mass is 10.2. The van der Waals surface area contributed by atoms with Crippen molar-refractivity contribution >= 4 is 28.8 Å². The Morgan fingerprint density at radius 3 is 3.10 bits per heavy atom. The van der Waals surface area contributed by atoms with Gasteiger partial charge in [-0.3, -0.25) is 0 Å². The number of hydrogen-bond donors (Lipinski definition) is 0. The van der Waals surface area contributed by atoms with E-state index in [1.807, 2.05) is 10.8 Å². The van der Waals surface area contributed by atoms with Crippen LogP contribution in [-0.4, -0.2) is 47.1 Å². The second-order valence-electron chi connectivity index (χ2n) is 4.54. The largest absolute Gasteiger partial charge is 0.464 e. The highest BCUT2D eigenvalue weighted by molar-refractivity contribution is 7.98. The fourth-order valence-corrected chi connectivity index (χ4v) is 2.78. The summed E-state index contributed by atoms with van der Waals surface area (Å²) >= 11 is 1.48. The van der Waals surface area contributed by atoms with Gasteiger partial charge in [-0.2, -0.15) is 0 Å². The van der Waals surface area contributed by atoms with Gasteiger partial charge in [0.15, 0.2) is 5.16 Å². The van der Waals surface area contributed by atoms with Crippen molar-refractivity contribution < 1.29 is 14.3 Å². The molecule has 0 aromatic carbocycles. The normalized spacial score (nSPS) is 18.6. The summed E-state index contributed by atoms with van der Waals surface area (Å²) in [5, 5.41) is 1.53. The van der Waals surface area contributed by atoms with E-state index in [0.717, 1.165) is 17.5 Å². The molecule has 2 aromatic rings. The van der Waals surface area contributed by atoms with Crippen LogP contribution in [0, 0.1) is 0 Å². The number of ether oxygens (including phenoxy) is 2. The van der Waals surface area contributed by atoms with Crippen molar-refractivity contribution in [3.8, 4) is 0 Å². The average Bonchev–Trinajstić information content (AvgIpc) is 3.11. The van der Waals surface area contributed by atoms with E-state index >= 15 is 0 Å². The molecular weight excluding hydrogens is 278 g/mol. The van der Waals surface area contributed by atoms with E-state index in [0.29, 0.717) is 24.1 Å². The number of esters is 1. The maximum absolute atomic E-state index is 12.0. The summed E-state index contributed by atoms with van der Waals surface area (Å²) in [5.41, 5.74) is 1.27. The molecule has 0 amide bonds. The van der Waals surface area contributed by atoms with Crippen molar-refractivity contribution in [1.29, 1.82) is 0 Å². The Morgan fingerprint density at radius 2 is 2.45 bits per heavy atom. The Kier molecular flexibility index (Phi) is 3.62. The molecule has 1 fully saturated rings. The predicted octanol–water partition coefficient (Wildman–Crippen LogP) is 1.90. The van der Waals surface area contributed by atoms with E-state index in [1.165, 1.54) is 18.9 Å². The van der Waals surface area contributed by atoms with Crippen LogP contribution < -0.4 is 0 Å². The second kappa shape index (κ2) is 5.41. The van der Waals surface area contributed by atoms with E-state index in [1.54, 1.807) is 12.3 Å². The summed E-state index contributed by atoms with van der Waals surface area (Å²) in [6, 6.07) is 1.90. The molecule has 1 saturated heterocycles. The van der Waals surface area contributed by atoms with Crippen LogP contribution in [0.15, 0.2) is 17.4 Å². The molecule has 0 aliphatic carbocycles. The average molecular weight is 293 g/mol. The summed E-state index contributed by atoms with van der Waals surface area (Å²) in [5.74, 6) is -0.361. The minimum absolute atomic E-state index is 0.117. The van der Waals surface area contributed by atoms with E-state index in [-0.39, 0.29) is 12.0 Å². The third-order valence-corrected chi connectivity index (χ3v) is 3.96. The topological polar surface area (TPSA) is 66.2 Å². The highest BCUT2D eigenvalue weighted by Gasteiger charge is 2.26. The van der Waals surface area contributed by atoms with E-state index in [4.69, 9.17) is 9.47 Å². The van der Waals surface area contributed by atoms with Crippen LogP contribution in [0.5, 0.6) is 0 Å². The quantitative estimate of drug-likeness (QED) is 0.489. The van der Waals surface area contributed by atoms with Crippen molar-refractivity contribution in [1.82, 2.24) is 14.5 Å². The molecule has 2 aromatic heterocycles. The number of hydrogen-bond acceptors (Lipinski definition) is 6.